The van der Waals surface area contributed by atoms with Crippen LogP contribution in [0.25, 0.3) is 0 Å². The van der Waals surface area contributed by atoms with Crippen molar-refractivity contribution in [2.24, 2.45) is 5.92 Å². The molecule has 1 fully saturated rings. The van der Waals surface area contributed by atoms with Gasteiger partial charge in [0.1, 0.15) is 0 Å². The van der Waals surface area contributed by atoms with Crippen molar-refractivity contribution < 1.29 is 4.79 Å². The number of thiophene rings is 1. The van der Waals surface area contributed by atoms with Gasteiger partial charge in [-0.05, 0) is 57.4 Å². The fourth-order valence-corrected chi connectivity index (χ4v) is 3.22. The van der Waals surface area contributed by atoms with Gasteiger partial charge >= 0.3 is 0 Å². The first-order valence-corrected chi connectivity index (χ1v) is 7.47. The maximum atomic E-state index is 12.0. The summed E-state index contributed by atoms with van der Waals surface area (Å²) in [6, 6.07) is 3.87. The second-order valence-electron chi connectivity index (χ2n) is 5.38. The molecule has 1 saturated heterocycles. The molecule has 0 N–H and O–H groups in total. The molecule has 3 nitrogen and oxygen atoms in total. The molecule has 0 spiro atoms. The number of Topliss-reactive ketones (excluding diaryl/α,β-unsaturated/α-hetero) is 1. The van der Waals surface area contributed by atoms with Gasteiger partial charge in [-0.3, -0.25) is 9.69 Å². The summed E-state index contributed by atoms with van der Waals surface area (Å²) in [6.45, 7) is 3.90. The van der Waals surface area contributed by atoms with Crippen LogP contribution in [0.5, 0.6) is 0 Å². The van der Waals surface area contributed by atoms with E-state index in [1.54, 1.807) is 11.3 Å². The van der Waals surface area contributed by atoms with E-state index in [1.165, 1.54) is 19.4 Å². The van der Waals surface area contributed by atoms with Gasteiger partial charge < -0.3 is 4.90 Å². The highest BCUT2D eigenvalue weighted by Gasteiger charge is 2.21. The summed E-state index contributed by atoms with van der Waals surface area (Å²) in [6.07, 6.45) is 2.44. The highest BCUT2D eigenvalue weighted by atomic mass is 32.1. The summed E-state index contributed by atoms with van der Waals surface area (Å²) in [5.41, 5.74) is 0. The number of nitrogens with zero attached hydrogens (tertiary/aromatic N) is 2. The SMILES string of the molecule is CN(C)CC1CCN(CC(=O)c2cccs2)CC1. The lowest BCUT2D eigenvalue weighted by Gasteiger charge is -2.32. The van der Waals surface area contributed by atoms with Crippen LogP contribution in [0, 0.1) is 5.92 Å². The molecule has 1 aromatic rings. The quantitative estimate of drug-likeness (QED) is 0.763. The molecule has 2 heterocycles. The molecule has 0 bridgehead atoms. The smallest absolute Gasteiger partial charge is 0.186 e. The minimum atomic E-state index is 0.274. The molecule has 0 amide bonds. The average Bonchev–Trinajstić information content (AvgIpc) is 2.84. The number of carbonyl (C=O) groups is 1. The van der Waals surface area contributed by atoms with Crippen molar-refractivity contribution in [2.75, 3.05) is 40.3 Å². The first kappa shape index (κ1) is 13.7. The minimum Gasteiger partial charge on any atom is -0.309 e. The second kappa shape index (κ2) is 6.45. The van der Waals surface area contributed by atoms with Gasteiger partial charge in [-0.25, -0.2) is 0 Å². The predicted molar refractivity (Wildman–Crippen MR) is 76.4 cm³/mol. The third-order valence-electron chi connectivity index (χ3n) is 3.49. The van der Waals surface area contributed by atoms with Crippen LogP contribution in [0.1, 0.15) is 22.5 Å². The minimum absolute atomic E-state index is 0.274. The van der Waals surface area contributed by atoms with Gasteiger partial charge in [0, 0.05) is 6.54 Å². The third kappa shape index (κ3) is 3.90. The fourth-order valence-electron chi connectivity index (χ4n) is 2.56. The number of rotatable bonds is 5. The summed E-state index contributed by atoms with van der Waals surface area (Å²) < 4.78 is 0. The Morgan fingerprint density at radius 1 is 1.44 bits per heavy atom. The average molecular weight is 266 g/mol. The number of ketones is 1. The highest BCUT2D eigenvalue weighted by molar-refractivity contribution is 7.12. The number of likely N-dealkylation sites (tertiary alicyclic amines) is 1. The first-order chi connectivity index (χ1) is 8.65. The standard InChI is InChI=1S/C14H22N2OS/c1-15(2)10-12-5-7-16(8-6-12)11-13(17)14-4-3-9-18-14/h3-4,9,12H,5-8,10-11H2,1-2H3. The van der Waals surface area contributed by atoms with Crippen LogP contribution in [0.2, 0.25) is 0 Å². The van der Waals surface area contributed by atoms with E-state index >= 15 is 0 Å². The number of carbonyl (C=O) groups excluding carboxylic acids is 1. The molecule has 0 radical (unpaired) electrons. The largest absolute Gasteiger partial charge is 0.309 e. The van der Waals surface area contributed by atoms with Gasteiger partial charge in [-0.2, -0.15) is 0 Å². The predicted octanol–water partition coefficient (Wildman–Crippen LogP) is 2.20. The van der Waals surface area contributed by atoms with Crippen molar-refractivity contribution >= 4 is 17.1 Å². The van der Waals surface area contributed by atoms with Crippen LogP contribution in [-0.2, 0) is 0 Å². The van der Waals surface area contributed by atoms with Gasteiger partial charge in [0.05, 0.1) is 11.4 Å². The van der Waals surface area contributed by atoms with Crippen molar-refractivity contribution in [1.82, 2.24) is 9.80 Å². The van der Waals surface area contributed by atoms with E-state index in [-0.39, 0.29) is 5.78 Å². The molecule has 0 aromatic carbocycles. The van der Waals surface area contributed by atoms with Gasteiger partial charge in [0.25, 0.3) is 0 Å². The lowest BCUT2D eigenvalue weighted by atomic mass is 9.96. The second-order valence-corrected chi connectivity index (χ2v) is 6.33. The summed E-state index contributed by atoms with van der Waals surface area (Å²) in [5.74, 6) is 1.07. The normalized spacial score (nSPS) is 18.4. The number of piperidine rings is 1. The molecule has 0 saturated carbocycles. The fraction of sp³-hybridized carbons (Fsp3) is 0.643. The number of hydrogen-bond acceptors (Lipinski definition) is 4. The Labute approximate surface area is 113 Å². The number of hydrogen-bond donors (Lipinski definition) is 0. The lowest BCUT2D eigenvalue weighted by molar-refractivity contribution is 0.0890. The molecule has 100 valence electrons. The van der Waals surface area contributed by atoms with Gasteiger partial charge in [-0.1, -0.05) is 6.07 Å². The van der Waals surface area contributed by atoms with Crippen LogP contribution >= 0.6 is 11.3 Å². The van der Waals surface area contributed by atoms with Gasteiger partial charge in [0.15, 0.2) is 5.78 Å². The van der Waals surface area contributed by atoms with E-state index in [0.717, 1.165) is 23.9 Å². The van der Waals surface area contributed by atoms with Crippen molar-refractivity contribution in [1.29, 1.82) is 0 Å². The zero-order valence-electron chi connectivity index (χ0n) is 11.3. The Kier molecular flexibility index (Phi) is 4.92. The van der Waals surface area contributed by atoms with E-state index in [1.807, 2.05) is 17.5 Å². The van der Waals surface area contributed by atoms with Crippen LogP contribution in [0.15, 0.2) is 17.5 Å². The Morgan fingerprint density at radius 2 is 2.17 bits per heavy atom. The van der Waals surface area contributed by atoms with Crippen molar-refractivity contribution in [3.8, 4) is 0 Å². The Bertz CT molecular complexity index is 367. The van der Waals surface area contributed by atoms with Crippen LogP contribution in [-0.4, -0.2) is 55.9 Å². The van der Waals surface area contributed by atoms with E-state index < -0.39 is 0 Å². The Balaban J connectivity index is 1.75. The zero-order chi connectivity index (χ0) is 13.0. The lowest BCUT2D eigenvalue weighted by Crippen LogP contribution is -2.39. The molecule has 0 unspecified atom stereocenters. The van der Waals surface area contributed by atoms with Gasteiger partial charge in [0.2, 0.25) is 0 Å². The molecule has 0 atom stereocenters. The van der Waals surface area contributed by atoms with Crippen LogP contribution in [0.4, 0.5) is 0 Å². The summed E-state index contributed by atoms with van der Waals surface area (Å²) in [5, 5.41) is 1.97. The van der Waals surface area contributed by atoms with Gasteiger partial charge in [-0.15, -0.1) is 11.3 Å². The van der Waals surface area contributed by atoms with E-state index in [0.29, 0.717) is 6.54 Å². The molecule has 4 heteroatoms. The van der Waals surface area contributed by atoms with E-state index in [2.05, 4.69) is 23.9 Å². The Morgan fingerprint density at radius 3 is 2.72 bits per heavy atom. The molecule has 0 aliphatic carbocycles. The highest BCUT2D eigenvalue weighted by Crippen LogP contribution is 2.18. The topological polar surface area (TPSA) is 23.6 Å². The maximum Gasteiger partial charge on any atom is 0.186 e. The molecule has 1 aliphatic heterocycles. The van der Waals surface area contributed by atoms with Crippen molar-refractivity contribution in [3.63, 3.8) is 0 Å². The van der Waals surface area contributed by atoms with E-state index in [9.17, 15) is 4.79 Å². The van der Waals surface area contributed by atoms with Crippen LogP contribution in [0.3, 0.4) is 0 Å². The summed E-state index contributed by atoms with van der Waals surface area (Å²) in [7, 11) is 4.26. The molecule has 1 aromatic heterocycles. The summed E-state index contributed by atoms with van der Waals surface area (Å²) in [4.78, 5) is 17.4. The first-order valence-electron chi connectivity index (χ1n) is 6.59. The van der Waals surface area contributed by atoms with E-state index in [4.69, 9.17) is 0 Å². The molecular weight excluding hydrogens is 244 g/mol. The Hall–Kier alpha value is -0.710. The van der Waals surface area contributed by atoms with Crippen molar-refractivity contribution in [2.45, 2.75) is 12.8 Å². The summed E-state index contributed by atoms with van der Waals surface area (Å²) >= 11 is 1.55. The van der Waals surface area contributed by atoms with Crippen molar-refractivity contribution in [3.05, 3.63) is 22.4 Å². The molecule has 18 heavy (non-hydrogen) atoms. The molecule has 2 rings (SSSR count). The maximum absolute atomic E-state index is 12.0. The van der Waals surface area contributed by atoms with Crippen LogP contribution < -0.4 is 0 Å². The zero-order valence-corrected chi connectivity index (χ0v) is 12.1. The molecule has 1 aliphatic rings. The molecular formula is C14H22N2OS. The third-order valence-corrected chi connectivity index (χ3v) is 4.40. The monoisotopic (exact) mass is 266 g/mol.